The fourth-order valence-electron chi connectivity index (χ4n) is 6.77. The van der Waals surface area contributed by atoms with Crippen LogP contribution in [0.1, 0.15) is 86.7 Å². The summed E-state index contributed by atoms with van der Waals surface area (Å²) in [7, 11) is 0. The van der Waals surface area contributed by atoms with Gasteiger partial charge in [0.2, 0.25) is 5.91 Å². The van der Waals surface area contributed by atoms with Gasteiger partial charge in [-0.3, -0.25) is 14.2 Å². The van der Waals surface area contributed by atoms with E-state index < -0.39 is 5.60 Å². The third-order valence-corrected chi connectivity index (χ3v) is 9.37. The molecule has 2 aliphatic carbocycles. The number of hydrogen-bond donors (Lipinski definition) is 2. The minimum atomic E-state index is -0.614. The Morgan fingerprint density at radius 2 is 1.82 bits per heavy atom. The summed E-state index contributed by atoms with van der Waals surface area (Å²) >= 11 is 0. The molecular weight excluding hydrogens is 554 g/mol. The first kappa shape index (κ1) is 28.7. The molecule has 228 valence electrons. The number of rotatable bonds is 10. The number of hydrazone groups is 1. The van der Waals surface area contributed by atoms with Crippen molar-refractivity contribution in [2.24, 2.45) is 5.10 Å². The number of fused-ring (bicyclic) bond motifs is 1. The average Bonchev–Trinajstić information content (AvgIpc) is 3.37. The zero-order valence-electron chi connectivity index (χ0n) is 25.2. The SMILES string of the molecule is CCCc1c(Cc2ccc(-c3ccccc3)c(C3=NNC(=O)C3)c2)c(=O)n(C2CCC(OCC3(O)CC3)CC2)c2ccnn12. The van der Waals surface area contributed by atoms with Gasteiger partial charge in [-0.15, -0.1) is 0 Å². The highest BCUT2D eigenvalue weighted by Gasteiger charge is 2.41. The lowest BCUT2D eigenvalue weighted by Gasteiger charge is -2.31. The molecule has 0 unspecified atom stereocenters. The number of carbonyl (C=O) groups is 1. The highest BCUT2D eigenvalue weighted by atomic mass is 16.5. The van der Waals surface area contributed by atoms with E-state index >= 15 is 0 Å². The van der Waals surface area contributed by atoms with Gasteiger partial charge >= 0.3 is 0 Å². The van der Waals surface area contributed by atoms with E-state index in [0.29, 0.717) is 18.7 Å². The minimum absolute atomic E-state index is 0.0434. The predicted octanol–water partition coefficient (Wildman–Crippen LogP) is 4.96. The molecule has 0 spiro atoms. The van der Waals surface area contributed by atoms with Gasteiger partial charge in [-0.1, -0.05) is 55.8 Å². The minimum Gasteiger partial charge on any atom is -0.387 e. The Morgan fingerprint density at radius 1 is 1.02 bits per heavy atom. The number of nitrogens with one attached hydrogen (secondary N) is 1. The van der Waals surface area contributed by atoms with Crippen molar-refractivity contribution in [1.29, 1.82) is 0 Å². The number of amides is 1. The highest BCUT2D eigenvalue weighted by molar-refractivity contribution is 6.16. The summed E-state index contributed by atoms with van der Waals surface area (Å²) in [4.78, 5) is 26.6. The molecule has 1 aliphatic heterocycles. The Labute approximate surface area is 256 Å². The van der Waals surface area contributed by atoms with Crippen LogP contribution in [0.3, 0.4) is 0 Å². The van der Waals surface area contributed by atoms with E-state index in [0.717, 1.165) is 90.5 Å². The number of aliphatic hydroxyl groups is 1. The lowest BCUT2D eigenvalue weighted by atomic mass is 9.91. The summed E-state index contributed by atoms with van der Waals surface area (Å²) in [5.74, 6) is -0.120. The van der Waals surface area contributed by atoms with Crippen LogP contribution in [-0.4, -0.2) is 49.2 Å². The number of carbonyl (C=O) groups excluding carboxylic acids is 1. The smallest absolute Gasteiger partial charge is 0.257 e. The molecule has 1 amide bonds. The maximum absolute atomic E-state index is 14.5. The molecule has 2 aromatic carbocycles. The number of nitrogens with zero attached hydrogens (tertiary/aromatic N) is 4. The molecule has 2 aromatic heterocycles. The Hall–Kier alpha value is -4.08. The van der Waals surface area contributed by atoms with Crippen LogP contribution in [0, 0.1) is 0 Å². The second-order valence-electron chi connectivity index (χ2n) is 12.6. The van der Waals surface area contributed by atoms with Gasteiger partial charge in [0.15, 0.2) is 0 Å². The Morgan fingerprint density at radius 3 is 2.52 bits per heavy atom. The second-order valence-corrected chi connectivity index (χ2v) is 12.6. The Kier molecular flexibility index (Phi) is 7.68. The van der Waals surface area contributed by atoms with Crippen LogP contribution in [0.4, 0.5) is 0 Å². The van der Waals surface area contributed by atoms with Gasteiger partial charge in [0.25, 0.3) is 5.56 Å². The first-order valence-corrected chi connectivity index (χ1v) is 15.9. The quantitative estimate of drug-likeness (QED) is 0.270. The molecule has 3 aliphatic rings. The van der Waals surface area contributed by atoms with Gasteiger partial charge in [-0.2, -0.15) is 10.2 Å². The summed E-state index contributed by atoms with van der Waals surface area (Å²) in [6.45, 7) is 2.53. The van der Waals surface area contributed by atoms with Crippen molar-refractivity contribution in [3.63, 3.8) is 0 Å². The van der Waals surface area contributed by atoms with Gasteiger partial charge in [-0.05, 0) is 67.7 Å². The number of hydrogen-bond acceptors (Lipinski definition) is 6. The molecule has 0 radical (unpaired) electrons. The van der Waals surface area contributed by atoms with Gasteiger partial charge in [0, 0.05) is 29.7 Å². The van der Waals surface area contributed by atoms with Crippen molar-refractivity contribution >= 4 is 17.3 Å². The maximum atomic E-state index is 14.5. The molecule has 9 nitrogen and oxygen atoms in total. The molecule has 0 saturated heterocycles. The fourth-order valence-corrected chi connectivity index (χ4v) is 6.77. The van der Waals surface area contributed by atoms with Gasteiger partial charge in [0.1, 0.15) is 5.65 Å². The molecule has 2 N–H and O–H groups in total. The van der Waals surface area contributed by atoms with E-state index in [4.69, 9.17) is 9.84 Å². The van der Waals surface area contributed by atoms with Crippen LogP contribution in [0.2, 0.25) is 0 Å². The van der Waals surface area contributed by atoms with Crippen molar-refractivity contribution in [2.45, 2.75) is 88.9 Å². The molecule has 0 bridgehead atoms. The number of aryl methyl sites for hydroxylation is 1. The molecule has 9 heteroatoms. The predicted molar refractivity (Wildman–Crippen MR) is 169 cm³/mol. The summed E-state index contributed by atoms with van der Waals surface area (Å²) in [6.07, 6.45) is 9.27. The van der Waals surface area contributed by atoms with Crippen molar-refractivity contribution in [2.75, 3.05) is 6.61 Å². The Bertz CT molecular complexity index is 1780. The van der Waals surface area contributed by atoms with Crippen LogP contribution >= 0.6 is 0 Å². The number of ether oxygens (including phenoxy) is 1. The van der Waals surface area contributed by atoms with Crippen LogP contribution in [0.5, 0.6) is 0 Å². The fraction of sp³-hybridized carbons (Fsp3) is 0.429. The van der Waals surface area contributed by atoms with Crippen LogP contribution < -0.4 is 11.0 Å². The number of benzene rings is 2. The topological polar surface area (TPSA) is 110 Å². The van der Waals surface area contributed by atoms with Gasteiger partial charge < -0.3 is 9.84 Å². The summed E-state index contributed by atoms with van der Waals surface area (Å²) in [6, 6.07) is 18.4. The van der Waals surface area contributed by atoms with Gasteiger partial charge in [0.05, 0.1) is 42.3 Å². The average molecular weight is 594 g/mol. The highest BCUT2D eigenvalue weighted by Crippen LogP contribution is 2.37. The van der Waals surface area contributed by atoms with Crippen LogP contribution in [0.15, 0.2) is 70.7 Å². The zero-order valence-corrected chi connectivity index (χ0v) is 25.2. The lowest BCUT2D eigenvalue weighted by molar-refractivity contribution is -0.119. The summed E-state index contributed by atoms with van der Waals surface area (Å²) < 4.78 is 10.00. The molecule has 2 saturated carbocycles. The van der Waals surface area contributed by atoms with E-state index in [-0.39, 0.29) is 30.0 Å². The molecule has 4 aromatic rings. The Balaban J connectivity index is 1.24. The monoisotopic (exact) mass is 593 g/mol. The third-order valence-electron chi connectivity index (χ3n) is 9.37. The van der Waals surface area contributed by atoms with Crippen LogP contribution in [0.25, 0.3) is 16.8 Å². The standard InChI is InChI=1S/C35H39N5O4/c1-2-6-31-29(20-23-9-14-27(24-7-4-3-5-8-24)28(19-23)30-21-32(41)38-37-30)34(42)39(33-15-18-36-40(31)33)25-10-12-26(13-11-25)44-22-35(43)16-17-35/h3-5,7-9,14-15,18-19,25-26,43H,2,6,10-13,16-17,20-22H2,1H3,(H,38,41). The molecule has 44 heavy (non-hydrogen) atoms. The van der Waals surface area contributed by atoms with Crippen molar-refractivity contribution in [1.82, 2.24) is 19.6 Å². The largest absolute Gasteiger partial charge is 0.387 e. The normalized spacial score (nSPS) is 21.0. The van der Waals surface area contributed by atoms with E-state index in [1.807, 2.05) is 33.3 Å². The molecule has 3 heterocycles. The summed E-state index contributed by atoms with van der Waals surface area (Å²) in [5.41, 5.74) is 9.23. The lowest BCUT2D eigenvalue weighted by Crippen LogP contribution is -2.35. The molecular formula is C35H39N5O4. The molecule has 7 rings (SSSR count). The maximum Gasteiger partial charge on any atom is 0.257 e. The van der Waals surface area contributed by atoms with Crippen molar-refractivity contribution in [3.05, 3.63) is 93.5 Å². The summed E-state index contributed by atoms with van der Waals surface area (Å²) in [5, 5.41) is 19.2. The van der Waals surface area contributed by atoms with E-state index in [2.05, 4.69) is 47.8 Å². The van der Waals surface area contributed by atoms with E-state index in [9.17, 15) is 14.7 Å². The number of aromatic nitrogens is 3. The van der Waals surface area contributed by atoms with Crippen LogP contribution in [-0.2, 0) is 22.4 Å². The van der Waals surface area contributed by atoms with Crippen molar-refractivity contribution in [3.8, 4) is 11.1 Å². The zero-order chi connectivity index (χ0) is 30.3. The van der Waals surface area contributed by atoms with E-state index in [1.165, 1.54) is 0 Å². The van der Waals surface area contributed by atoms with Crippen molar-refractivity contribution < 1.29 is 14.6 Å². The molecule has 2 fully saturated rings. The van der Waals surface area contributed by atoms with E-state index in [1.54, 1.807) is 6.20 Å². The first-order chi connectivity index (χ1) is 21.4. The van der Waals surface area contributed by atoms with Gasteiger partial charge in [-0.25, -0.2) is 9.94 Å². The third kappa shape index (κ3) is 5.62. The first-order valence-electron chi connectivity index (χ1n) is 15.9. The second kappa shape index (κ2) is 11.8. The molecule has 0 atom stereocenters.